The van der Waals surface area contributed by atoms with Gasteiger partial charge in [-0.15, -0.1) is 0 Å². The topological polar surface area (TPSA) is 52.6 Å². The zero-order valence-electron chi connectivity index (χ0n) is 24.5. The maximum absolute atomic E-state index is 13.6. The molecule has 0 aromatic carbocycles. The fraction of sp³-hybridized carbons (Fsp3) is 0.906. The number of amides is 1. The predicted molar refractivity (Wildman–Crippen MR) is 149 cm³/mol. The normalized spacial score (nSPS) is 40.9. The van der Waals surface area contributed by atoms with E-state index in [0.717, 1.165) is 43.1 Å². The van der Waals surface area contributed by atoms with Crippen LogP contribution in [0.4, 0.5) is 0 Å². The summed E-state index contributed by atoms with van der Waals surface area (Å²) in [6.07, 6.45) is 14.1. The van der Waals surface area contributed by atoms with Gasteiger partial charge in [0.05, 0.1) is 6.10 Å². The molecular weight excluding hydrogens is 444 g/mol. The first-order valence-corrected chi connectivity index (χ1v) is 15.3. The van der Waals surface area contributed by atoms with Gasteiger partial charge in [0.25, 0.3) is 0 Å². The molecule has 0 radical (unpaired) electrons. The lowest BCUT2D eigenvalue weighted by Crippen LogP contribution is -2.57. The van der Waals surface area contributed by atoms with E-state index in [4.69, 9.17) is 0 Å². The van der Waals surface area contributed by atoms with Gasteiger partial charge in [-0.1, -0.05) is 65.5 Å². The molecule has 4 rings (SSSR count). The molecule has 0 bridgehead atoms. The second-order valence-corrected chi connectivity index (χ2v) is 14.4. The van der Waals surface area contributed by atoms with E-state index in [9.17, 15) is 9.90 Å². The number of nitrogens with zero attached hydrogens (tertiary/aromatic N) is 1. The third kappa shape index (κ3) is 5.20. The van der Waals surface area contributed by atoms with Crippen molar-refractivity contribution in [3.63, 3.8) is 0 Å². The largest absolute Gasteiger partial charge is 0.393 e. The fourth-order valence-corrected chi connectivity index (χ4v) is 9.67. The van der Waals surface area contributed by atoms with Gasteiger partial charge < -0.3 is 15.3 Å². The van der Waals surface area contributed by atoms with Crippen LogP contribution < -0.4 is 5.32 Å². The van der Waals surface area contributed by atoms with E-state index in [1.165, 1.54) is 50.5 Å². The Morgan fingerprint density at radius 2 is 1.89 bits per heavy atom. The Balaban J connectivity index is 1.53. The molecule has 0 spiro atoms. The minimum atomic E-state index is -0.387. The SMILES string of the molecule is CC(C)CCC[C@@H](C)[C@H]1CC[C@H]2[C@@H]3CC=C4C[C@@H](O)CC(C(=O)NCCN(C)C)[C@@]4(C)[C@H]3CC[C@]12C. The molecule has 4 aliphatic carbocycles. The number of hydrogen-bond donors (Lipinski definition) is 2. The number of likely N-dealkylation sites (N-methyl/N-ethyl adjacent to an activating group) is 1. The number of fused-ring (bicyclic) bond motifs is 5. The Morgan fingerprint density at radius 3 is 2.58 bits per heavy atom. The Bertz CT molecular complexity index is 806. The van der Waals surface area contributed by atoms with E-state index in [2.05, 4.69) is 50.9 Å². The van der Waals surface area contributed by atoms with Gasteiger partial charge in [0.2, 0.25) is 5.91 Å². The summed E-state index contributed by atoms with van der Waals surface area (Å²) < 4.78 is 0. The highest BCUT2D eigenvalue weighted by atomic mass is 16.3. The van der Waals surface area contributed by atoms with Gasteiger partial charge in [-0.2, -0.15) is 0 Å². The van der Waals surface area contributed by atoms with Gasteiger partial charge in [0.15, 0.2) is 0 Å². The molecule has 0 aromatic heterocycles. The molecule has 0 heterocycles. The number of aliphatic hydroxyl groups excluding tert-OH is 1. The van der Waals surface area contributed by atoms with Crippen molar-refractivity contribution in [3.8, 4) is 0 Å². The number of nitrogens with one attached hydrogen (secondary N) is 1. The Labute approximate surface area is 222 Å². The zero-order chi connectivity index (χ0) is 26.3. The number of allylic oxidation sites excluding steroid dienone is 1. The Hall–Kier alpha value is -0.870. The lowest BCUT2D eigenvalue weighted by Gasteiger charge is -2.60. The van der Waals surface area contributed by atoms with Crippen LogP contribution in [0.5, 0.6) is 0 Å². The number of hydrogen-bond acceptors (Lipinski definition) is 3. The van der Waals surface area contributed by atoms with E-state index in [-0.39, 0.29) is 23.3 Å². The van der Waals surface area contributed by atoms with E-state index >= 15 is 0 Å². The van der Waals surface area contributed by atoms with Crippen molar-refractivity contribution < 1.29 is 9.90 Å². The van der Waals surface area contributed by atoms with Gasteiger partial charge in [0.1, 0.15) is 0 Å². The standard InChI is InChI=1S/C32H56N2O2/c1-21(2)9-8-10-22(3)26-13-14-27-25-12-11-23-19-24(35)20-29(30(36)33-17-18-34(6)7)32(23,5)28(25)15-16-31(26,27)4/h11,21-22,24-29,35H,8-10,12-20H2,1-7H3,(H,33,36)/t22-,24-,25+,26-,27+,28+,29?,31-,32-/m1/s1. The molecule has 0 aliphatic heterocycles. The third-order valence-electron chi connectivity index (χ3n) is 11.6. The molecule has 2 N–H and O–H groups in total. The fourth-order valence-electron chi connectivity index (χ4n) is 9.67. The Morgan fingerprint density at radius 1 is 1.14 bits per heavy atom. The molecule has 9 atom stereocenters. The van der Waals surface area contributed by atoms with E-state index in [1.54, 1.807) is 0 Å². The summed E-state index contributed by atoms with van der Waals surface area (Å²) in [5.41, 5.74) is 1.74. The zero-order valence-corrected chi connectivity index (χ0v) is 24.5. The summed E-state index contributed by atoms with van der Waals surface area (Å²) in [4.78, 5) is 15.7. The number of rotatable bonds is 9. The molecule has 1 amide bonds. The molecule has 206 valence electrons. The Kier molecular flexibility index (Phi) is 8.67. The molecule has 1 unspecified atom stereocenters. The van der Waals surface area contributed by atoms with Crippen molar-refractivity contribution in [3.05, 3.63) is 11.6 Å². The molecule has 4 nitrogen and oxygen atoms in total. The van der Waals surface area contributed by atoms with Gasteiger partial charge in [-0.25, -0.2) is 0 Å². The van der Waals surface area contributed by atoms with E-state index in [0.29, 0.717) is 30.2 Å². The summed E-state index contributed by atoms with van der Waals surface area (Å²) in [5, 5.41) is 14.0. The molecule has 36 heavy (non-hydrogen) atoms. The first kappa shape index (κ1) is 28.1. The van der Waals surface area contributed by atoms with Crippen LogP contribution in [0.25, 0.3) is 0 Å². The predicted octanol–water partition coefficient (Wildman–Crippen LogP) is 6.29. The van der Waals surface area contributed by atoms with Crippen LogP contribution in [-0.2, 0) is 4.79 Å². The maximum Gasteiger partial charge on any atom is 0.224 e. The van der Waals surface area contributed by atoms with Gasteiger partial charge in [-0.3, -0.25) is 4.79 Å². The van der Waals surface area contributed by atoms with Crippen molar-refractivity contribution in [2.24, 2.45) is 52.3 Å². The number of carbonyl (C=O) groups excluding carboxylic acids is 1. The van der Waals surface area contributed by atoms with Gasteiger partial charge >= 0.3 is 0 Å². The van der Waals surface area contributed by atoms with Crippen LogP contribution in [0.3, 0.4) is 0 Å². The first-order valence-electron chi connectivity index (χ1n) is 15.3. The van der Waals surface area contributed by atoms with Crippen molar-refractivity contribution in [1.29, 1.82) is 0 Å². The molecule has 0 saturated heterocycles. The average molecular weight is 501 g/mol. The monoisotopic (exact) mass is 500 g/mol. The molecule has 3 fully saturated rings. The summed E-state index contributed by atoms with van der Waals surface area (Å²) in [7, 11) is 4.09. The molecule has 4 aliphatic rings. The van der Waals surface area contributed by atoms with Crippen LogP contribution in [0, 0.1) is 52.3 Å². The highest BCUT2D eigenvalue weighted by Gasteiger charge is 2.61. The van der Waals surface area contributed by atoms with Crippen LogP contribution in [0.2, 0.25) is 0 Å². The summed E-state index contributed by atoms with van der Waals surface area (Å²) >= 11 is 0. The second kappa shape index (κ2) is 11.1. The smallest absolute Gasteiger partial charge is 0.224 e. The molecule has 0 aromatic rings. The molecule has 4 heteroatoms. The van der Waals surface area contributed by atoms with Crippen LogP contribution >= 0.6 is 0 Å². The van der Waals surface area contributed by atoms with E-state index < -0.39 is 0 Å². The lowest BCUT2D eigenvalue weighted by molar-refractivity contribution is -0.138. The van der Waals surface area contributed by atoms with Crippen molar-refractivity contribution >= 4 is 5.91 Å². The van der Waals surface area contributed by atoms with Crippen molar-refractivity contribution in [2.45, 2.75) is 105 Å². The summed E-state index contributed by atoms with van der Waals surface area (Å²) in [6.45, 7) is 13.8. The average Bonchev–Trinajstić information content (AvgIpc) is 3.15. The highest BCUT2D eigenvalue weighted by molar-refractivity contribution is 5.80. The van der Waals surface area contributed by atoms with Gasteiger partial charge in [-0.05, 0) is 100.0 Å². The van der Waals surface area contributed by atoms with Crippen LogP contribution in [0.1, 0.15) is 98.8 Å². The van der Waals surface area contributed by atoms with E-state index in [1.807, 2.05) is 14.1 Å². The number of carbonyl (C=O) groups is 1. The summed E-state index contributed by atoms with van der Waals surface area (Å²) in [5.74, 6) is 4.59. The van der Waals surface area contributed by atoms with Crippen molar-refractivity contribution in [2.75, 3.05) is 27.2 Å². The van der Waals surface area contributed by atoms with Crippen LogP contribution in [0.15, 0.2) is 11.6 Å². The van der Waals surface area contributed by atoms with Crippen LogP contribution in [-0.4, -0.2) is 49.2 Å². The maximum atomic E-state index is 13.6. The first-order chi connectivity index (χ1) is 17.0. The molecule has 3 saturated carbocycles. The molecular formula is C32H56N2O2. The minimum absolute atomic E-state index is 0.105. The quantitative estimate of drug-likeness (QED) is 0.366. The third-order valence-corrected chi connectivity index (χ3v) is 11.6. The van der Waals surface area contributed by atoms with Crippen molar-refractivity contribution in [1.82, 2.24) is 10.2 Å². The second-order valence-electron chi connectivity index (χ2n) is 14.4. The number of aliphatic hydroxyl groups is 1. The lowest BCUT2D eigenvalue weighted by atomic mass is 9.44. The highest BCUT2D eigenvalue weighted by Crippen LogP contribution is 2.68. The summed E-state index contributed by atoms with van der Waals surface area (Å²) in [6, 6.07) is 0. The minimum Gasteiger partial charge on any atom is -0.393 e. The van der Waals surface area contributed by atoms with Gasteiger partial charge in [0, 0.05) is 24.4 Å².